The van der Waals surface area contributed by atoms with Crippen molar-refractivity contribution < 1.29 is 4.92 Å². The molecule has 3 aromatic rings. The van der Waals surface area contributed by atoms with E-state index in [4.69, 9.17) is 12.2 Å². The Morgan fingerprint density at radius 1 is 1.17 bits per heavy atom. The van der Waals surface area contributed by atoms with E-state index in [0.29, 0.717) is 11.0 Å². The summed E-state index contributed by atoms with van der Waals surface area (Å²) in [5, 5.41) is 15.2. The molecule has 0 bridgehead atoms. The predicted octanol–water partition coefficient (Wildman–Crippen LogP) is 4.41. The third-order valence-corrected chi connectivity index (χ3v) is 5.53. The standard InChI is InChI=1S/C22H23N5O2S/c1-15(2)14-26-21(20(24-22(26)30)18-6-3-4-12-23-18)19-7-5-13-25(19)16-8-10-17(11-9-16)27(28)29/h3-13,15,20-21H,14H2,1-2H3,(H,24,30)/t20-,21+/m1/s1. The highest BCUT2D eigenvalue weighted by Gasteiger charge is 2.41. The number of pyridine rings is 1. The van der Waals surface area contributed by atoms with Crippen molar-refractivity contribution in [2.75, 3.05) is 6.54 Å². The van der Waals surface area contributed by atoms with Crippen molar-refractivity contribution >= 4 is 23.0 Å². The van der Waals surface area contributed by atoms with Gasteiger partial charge in [0.05, 0.1) is 22.7 Å². The normalized spacial score (nSPS) is 18.6. The lowest BCUT2D eigenvalue weighted by atomic mass is 10.0. The predicted molar refractivity (Wildman–Crippen MR) is 119 cm³/mol. The van der Waals surface area contributed by atoms with Gasteiger partial charge < -0.3 is 14.8 Å². The van der Waals surface area contributed by atoms with Crippen molar-refractivity contribution in [2.45, 2.75) is 25.9 Å². The highest BCUT2D eigenvalue weighted by Crippen LogP contribution is 2.39. The van der Waals surface area contributed by atoms with Gasteiger partial charge in [0.15, 0.2) is 5.11 Å². The smallest absolute Gasteiger partial charge is 0.269 e. The number of nitro groups is 1. The highest BCUT2D eigenvalue weighted by atomic mass is 32.1. The van der Waals surface area contributed by atoms with Crippen molar-refractivity contribution in [3.63, 3.8) is 0 Å². The van der Waals surface area contributed by atoms with Crippen LogP contribution in [0, 0.1) is 16.0 Å². The number of nitro benzene ring substituents is 1. The number of nitrogens with zero attached hydrogens (tertiary/aromatic N) is 4. The van der Waals surface area contributed by atoms with Crippen LogP contribution in [0.2, 0.25) is 0 Å². The van der Waals surface area contributed by atoms with Crippen molar-refractivity contribution in [3.05, 3.63) is 88.5 Å². The molecule has 7 nitrogen and oxygen atoms in total. The van der Waals surface area contributed by atoms with Gasteiger partial charge in [-0.15, -0.1) is 0 Å². The second-order valence-corrected chi connectivity index (χ2v) is 8.14. The highest BCUT2D eigenvalue weighted by molar-refractivity contribution is 7.80. The summed E-state index contributed by atoms with van der Waals surface area (Å²) in [5.74, 6) is 0.428. The minimum atomic E-state index is -0.388. The number of hydrogen-bond donors (Lipinski definition) is 1. The first-order chi connectivity index (χ1) is 14.5. The number of rotatable bonds is 6. The minimum absolute atomic E-state index is 0.0556. The van der Waals surface area contributed by atoms with Crippen LogP contribution < -0.4 is 5.32 Å². The molecule has 8 heteroatoms. The zero-order valence-electron chi connectivity index (χ0n) is 16.8. The monoisotopic (exact) mass is 421 g/mol. The molecule has 1 saturated heterocycles. The van der Waals surface area contributed by atoms with Crippen LogP contribution >= 0.6 is 12.2 Å². The van der Waals surface area contributed by atoms with Gasteiger partial charge >= 0.3 is 0 Å². The van der Waals surface area contributed by atoms with Gasteiger partial charge in [0.1, 0.15) is 0 Å². The van der Waals surface area contributed by atoms with Crippen LogP contribution in [-0.2, 0) is 0 Å². The summed E-state index contributed by atoms with van der Waals surface area (Å²) in [6, 6.07) is 16.4. The van der Waals surface area contributed by atoms with Crippen LogP contribution in [0.1, 0.15) is 37.3 Å². The van der Waals surface area contributed by atoms with E-state index in [9.17, 15) is 10.1 Å². The van der Waals surface area contributed by atoms with Crippen molar-refractivity contribution in [1.29, 1.82) is 0 Å². The van der Waals surface area contributed by atoms with Crippen LogP contribution in [0.25, 0.3) is 5.69 Å². The molecular weight excluding hydrogens is 398 g/mol. The molecule has 1 aliphatic rings. The van der Waals surface area contributed by atoms with E-state index < -0.39 is 0 Å². The molecule has 0 radical (unpaired) electrons. The van der Waals surface area contributed by atoms with E-state index in [2.05, 4.69) is 39.7 Å². The Kier molecular flexibility index (Phi) is 5.50. The van der Waals surface area contributed by atoms with E-state index >= 15 is 0 Å². The molecule has 0 aliphatic carbocycles. The van der Waals surface area contributed by atoms with E-state index in [0.717, 1.165) is 23.6 Å². The molecule has 0 saturated carbocycles. The first-order valence-corrected chi connectivity index (χ1v) is 10.3. The summed E-state index contributed by atoms with van der Waals surface area (Å²) in [7, 11) is 0. The summed E-state index contributed by atoms with van der Waals surface area (Å²) in [6.45, 7) is 5.15. The molecule has 3 heterocycles. The van der Waals surface area contributed by atoms with Crippen LogP contribution in [0.15, 0.2) is 67.0 Å². The average molecular weight is 422 g/mol. The third-order valence-electron chi connectivity index (χ3n) is 5.18. The molecule has 154 valence electrons. The Morgan fingerprint density at radius 2 is 1.93 bits per heavy atom. The van der Waals surface area contributed by atoms with Gasteiger partial charge in [-0.25, -0.2) is 0 Å². The molecule has 1 aromatic carbocycles. The van der Waals surface area contributed by atoms with E-state index in [1.807, 2.05) is 30.5 Å². The zero-order valence-corrected chi connectivity index (χ0v) is 17.6. The van der Waals surface area contributed by atoms with Gasteiger partial charge in [0.2, 0.25) is 0 Å². The summed E-state index contributed by atoms with van der Waals surface area (Å²) >= 11 is 5.70. The molecule has 2 aromatic heterocycles. The van der Waals surface area contributed by atoms with Crippen molar-refractivity contribution in [1.82, 2.24) is 19.8 Å². The molecular formula is C22H23N5O2S. The molecule has 4 rings (SSSR count). The van der Waals surface area contributed by atoms with Gasteiger partial charge in [-0.2, -0.15) is 0 Å². The SMILES string of the molecule is CC(C)CN1C(=S)N[C@H](c2ccccn2)[C@@H]1c1cccn1-c1ccc([N+](=O)[O-])cc1. The Labute approximate surface area is 180 Å². The molecule has 30 heavy (non-hydrogen) atoms. The lowest BCUT2D eigenvalue weighted by Gasteiger charge is -2.30. The number of thiocarbonyl (C=S) groups is 1. The largest absolute Gasteiger partial charge is 0.352 e. The zero-order chi connectivity index (χ0) is 21.3. The fourth-order valence-electron chi connectivity index (χ4n) is 3.92. The number of aromatic nitrogens is 2. The van der Waals surface area contributed by atoms with Crippen molar-refractivity contribution in [3.8, 4) is 5.69 Å². The van der Waals surface area contributed by atoms with Crippen molar-refractivity contribution in [2.24, 2.45) is 5.92 Å². The topological polar surface area (TPSA) is 76.2 Å². The van der Waals surface area contributed by atoms with E-state index in [1.54, 1.807) is 18.3 Å². The minimum Gasteiger partial charge on any atom is -0.352 e. The first kappa shape index (κ1) is 20.0. The maximum atomic E-state index is 11.0. The van der Waals surface area contributed by atoms with E-state index in [-0.39, 0.29) is 22.7 Å². The molecule has 0 spiro atoms. The van der Waals surface area contributed by atoms with Crippen LogP contribution in [0.4, 0.5) is 5.69 Å². The number of non-ortho nitro benzene ring substituents is 1. The lowest BCUT2D eigenvalue weighted by molar-refractivity contribution is -0.384. The molecule has 0 unspecified atom stereocenters. The van der Waals surface area contributed by atoms with E-state index in [1.165, 1.54) is 12.1 Å². The molecule has 1 N–H and O–H groups in total. The third kappa shape index (κ3) is 3.78. The Hall–Kier alpha value is -3.26. The maximum Gasteiger partial charge on any atom is 0.269 e. The Morgan fingerprint density at radius 3 is 2.57 bits per heavy atom. The quantitative estimate of drug-likeness (QED) is 0.361. The van der Waals surface area contributed by atoms with Crippen LogP contribution in [0.3, 0.4) is 0 Å². The molecule has 1 fully saturated rings. The number of nitrogens with one attached hydrogen (secondary N) is 1. The number of hydrogen-bond acceptors (Lipinski definition) is 4. The van der Waals surface area contributed by atoms with Gasteiger partial charge in [0.25, 0.3) is 5.69 Å². The van der Waals surface area contributed by atoms with Crippen LogP contribution in [0.5, 0.6) is 0 Å². The summed E-state index contributed by atoms with van der Waals surface area (Å²) < 4.78 is 2.06. The summed E-state index contributed by atoms with van der Waals surface area (Å²) in [6.07, 6.45) is 3.76. The van der Waals surface area contributed by atoms with Gasteiger partial charge in [-0.3, -0.25) is 15.1 Å². The Balaban J connectivity index is 1.78. The average Bonchev–Trinajstić information content (AvgIpc) is 3.33. The second kappa shape index (κ2) is 8.23. The number of benzene rings is 1. The second-order valence-electron chi connectivity index (χ2n) is 7.75. The molecule has 0 amide bonds. The Bertz CT molecular complexity index is 1050. The molecule has 1 aliphatic heterocycles. The maximum absolute atomic E-state index is 11.0. The van der Waals surface area contributed by atoms with Gasteiger partial charge in [-0.1, -0.05) is 19.9 Å². The fraction of sp³-hybridized carbons (Fsp3) is 0.273. The fourth-order valence-corrected chi connectivity index (χ4v) is 4.24. The first-order valence-electron chi connectivity index (χ1n) is 9.86. The van der Waals surface area contributed by atoms with Crippen LogP contribution in [-0.4, -0.2) is 31.0 Å². The molecule has 2 atom stereocenters. The van der Waals surface area contributed by atoms with Gasteiger partial charge in [-0.05, 0) is 54.5 Å². The van der Waals surface area contributed by atoms with Gasteiger partial charge in [0, 0.05) is 42.5 Å². The lowest BCUT2D eigenvalue weighted by Crippen LogP contribution is -2.33. The summed E-state index contributed by atoms with van der Waals surface area (Å²) in [4.78, 5) is 17.4. The summed E-state index contributed by atoms with van der Waals surface area (Å²) in [5.41, 5.74) is 2.91.